The normalized spacial score (nSPS) is 10.7. The third-order valence-electron chi connectivity index (χ3n) is 2.84. The Hall–Kier alpha value is -0.740. The molecular weight excluding hydrogens is 299 g/mol. The fourth-order valence-electron chi connectivity index (χ4n) is 2.01. The molecule has 1 aromatic carbocycles. The maximum atomic E-state index is 6.06. The lowest BCUT2D eigenvalue weighted by atomic mass is 10.1. The van der Waals surface area contributed by atoms with Crippen LogP contribution in [0.1, 0.15) is 10.4 Å². The molecule has 0 saturated carbocycles. The topological polar surface area (TPSA) is 15.3 Å². The Labute approximate surface area is 128 Å². The molecule has 0 atom stereocenters. The number of anilines is 1. The minimum absolute atomic E-state index is 0.765. The molecule has 0 bridgehead atoms. The van der Waals surface area contributed by atoms with Gasteiger partial charge in [-0.05, 0) is 42.9 Å². The Bertz CT molecular complexity index is 554. The summed E-state index contributed by atoms with van der Waals surface area (Å²) in [6, 6.07) is 9.99. The van der Waals surface area contributed by atoms with Gasteiger partial charge in [0.1, 0.15) is 0 Å². The van der Waals surface area contributed by atoms with E-state index in [0.29, 0.717) is 0 Å². The number of halogens is 2. The van der Waals surface area contributed by atoms with Gasteiger partial charge in [0.25, 0.3) is 0 Å². The van der Waals surface area contributed by atoms with E-state index in [2.05, 4.69) is 29.4 Å². The van der Waals surface area contributed by atoms with Crippen LogP contribution in [0.25, 0.3) is 0 Å². The van der Waals surface area contributed by atoms with E-state index in [1.54, 1.807) is 11.3 Å². The van der Waals surface area contributed by atoms with E-state index >= 15 is 0 Å². The van der Waals surface area contributed by atoms with Gasteiger partial charge in [-0.1, -0.05) is 23.2 Å². The van der Waals surface area contributed by atoms with Gasteiger partial charge in [0.15, 0.2) is 0 Å². The zero-order valence-corrected chi connectivity index (χ0v) is 13.2. The van der Waals surface area contributed by atoms with Crippen LogP contribution in [0.15, 0.2) is 30.3 Å². The molecule has 1 heterocycles. The van der Waals surface area contributed by atoms with Crippen LogP contribution in [-0.2, 0) is 13.1 Å². The van der Waals surface area contributed by atoms with Crippen molar-refractivity contribution in [2.75, 3.05) is 19.0 Å². The maximum Gasteiger partial charge on any atom is 0.0931 e. The largest absolute Gasteiger partial charge is 0.369 e. The van der Waals surface area contributed by atoms with E-state index < -0.39 is 0 Å². The van der Waals surface area contributed by atoms with Gasteiger partial charge in [0.2, 0.25) is 0 Å². The summed E-state index contributed by atoms with van der Waals surface area (Å²) >= 11 is 13.6. The third-order valence-corrected chi connectivity index (χ3v) is 4.29. The molecule has 0 spiro atoms. The monoisotopic (exact) mass is 314 g/mol. The number of nitrogens with zero attached hydrogens (tertiary/aromatic N) is 1. The Kier molecular flexibility index (Phi) is 5.11. The van der Waals surface area contributed by atoms with Crippen molar-refractivity contribution in [2.45, 2.75) is 13.1 Å². The Morgan fingerprint density at radius 2 is 2.00 bits per heavy atom. The first-order valence-electron chi connectivity index (χ1n) is 5.98. The predicted octanol–water partition coefficient (Wildman–Crippen LogP) is 4.41. The predicted molar refractivity (Wildman–Crippen MR) is 85.7 cm³/mol. The number of thiophene rings is 1. The lowest BCUT2D eigenvalue weighted by molar-refractivity contribution is 0.807. The maximum absolute atomic E-state index is 6.06. The summed E-state index contributed by atoms with van der Waals surface area (Å²) in [6.07, 6.45) is 0. The van der Waals surface area contributed by atoms with Crippen LogP contribution >= 0.6 is 34.5 Å². The highest BCUT2D eigenvalue weighted by molar-refractivity contribution is 7.16. The average Bonchev–Trinajstić information content (AvgIpc) is 2.75. The highest BCUT2D eigenvalue weighted by atomic mass is 35.5. The number of nitrogens with one attached hydrogen (secondary N) is 1. The Balaban J connectivity index is 2.20. The summed E-state index contributed by atoms with van der Waals surface area (Å²) < 4.78 is 0.829. The summed E-state index contributed by atoms with van der Waals surface area (Å²) in [5, 5.41) is 3.94. The van der Waals surface area contributed by atoms with Crippen molar-refractivity contribution in [1.29, 1.82) is 0 Å². The number of hydrogen-bond acceptors (Lipinski definition) is 3. The van der Waals surface area contributed by atoms with Gasteiger partial charge in [-0.3, -0.25) is 0 Å². The van der Waals surface area contributed by atoms with Gasteiger partial charge in [-0.25, -0.2) is 0 Å². The van der Waals surface area contributed by atoms with E-state index in [1.807, 2.05) is 25.2 Å². The van der Waals surface area contributed by atoms with Crippen molar-refractivity contribution in [3.63, 3.8) is 0 Å². The minimum atomic E-state index is 0.765. The molecule has 0 fully saturated rings. The molecule has 0 radical (unpaired) electrons. The Morgan fingerprint density at radius 3 is 2.63 bits per heavy atom. The molecule has 2 aromatic rings. The molecular formula is C14H16Cl2N2S. The molecule has 102 valence electrons. The lowest BCUT2D eigenvalue weighted by Gasteiger charge is -2.22. The van der Waals surface area contributed by atoms with Crippen LogP contribution in [-0.4, -0.2) is 14.1 Å². The van der Waals surface area contributed by atoms with E-state index in [1.165, 1.54) is 16.1 Å². The molecule has 0 aliphatic carbocycles. The van der Waals surface area contributed by atoms with Crippen LogP contribution in [0.2, 0.25) is 9.36 Å². The molecule has 2 rings (SSSR count). The van der Waals surface area contributed by atoms with Crippen molar-refractivity contribution < 1.29 is 0 Å². The number of benzene rings is 1. The van der Waals surface area contributed by atoms with Crippen LogP contribution < -0.4 is 10.2 Å². The molecule has 2 nitrogen and oxygen atoms in total. The van der Waals surface area contributed by atoms with Gasteiger partial charge in [-0.2, -0.15) is 0 Å². The third kappa shape index (κ3) is 3.86. The summed E-state index contributed by atoms with van der Waals surface area (Å²) in [5.74, 6) is 0. The molecule has 1 N–H and O–H groups in total. The summed E-state index contributed by atoms with van der Waals surface area (Å²) in [6.45, 7) is 1.64. The lowest BCUT2D eigenvalue weighted by Crippen LogP contribution is -2.19. The standard InChI is InChI=1S/C14H16Cl2N2S/c1-17-8-10-7-11(15)3-5-13(10)18(2)9-12-4-6-14(16)19-12/h3-7,17H,8-9H2,1-2H3. The summed E-state index contributed by atoms with van der Waals surface area (Å²) in [7, 11) is 4.01. The zero-order valence-electron chi connectivity index (χ0n) is 10.9. The first kappa shape index (κ1) is 14.7. The molecule has 19 heavy (non-hydrogen) atoms. The first-order chi connectivity index (χ1) is 9.10. The number of hydrogen-bond donors (Lipinski definition) is 1. The second-order valence-corrected chi connectivity index (χ2v) is 6.60. The van der Waals surface area contributed by atoms with Gasteiger partial charge in [0.05, 0.1) is 10.9 Å². The summed E-state index contributed by atoms with van der Waals surface area (Å²) in [5.41, 5.74) is 2.38. The SMILES string of the molecule is CNCc1cc(Cl)ccc1N(C)Cc1ccc(Cl)s1. The van der Waals surface area contributed by atoms with E-state index in [9.17, 15) is 0 Å². The summed E-state index contributed by atoms with van der Waals surface area (Å²) in [4.78, 5) is 3.46. The van der Waals surface area contributed by atoms with Crippen molar-refractivity contribution in [3.05, 3.63) is 50.1 Å². The molecule has 0 aliphatic heterocycles. The van der Waals surface area contributed by atoms with Crippen molar-refractivity contribution in [2.24, 2.45) is 0 Å². The van der Waals surface area contributed by atoms with E-state index in [0.717, 1.165) is 22.4 Å². The van der Waals surface area contributed by atoms with Crippen molar-refractivity contribution in [1.82, 2.24) is 5.32 Å². The van der Waals surface area contributed by atoms with Gasteiger partial charge in [-0.15, -0.1) is 11.3 Å². The molecule has 0 saturated heterocycles. The smallest absolute Gasteiger partial charge is 0.0931 e. The van der Waals surface area contributed by atoms with Crippen molar-refractivity contribution >= 4 is 40.2 Å². The molecule has 5 heteroatoms. The molecule has 0 aliphatic rings. The van der Waals surface area contributed by atoms with Crippen molar-refractivity contribution in [3.8, 4) is 0 Å². The Morgan fingerprint density at radius 1 is 1.21 bits per heavy atom. The van der Waals surface area contributed by atoms with Crippen LogP contribution in [0.4, 0.5) is 5.69 Å². The first-order valence-corrected chi connectivity index (χ1v) is 7.56. The molecule has 0 unspecified atom stereocenters. The van der Waals surface area contributed by atoms with Gasteiger partial charge >= 0.3 is 0 Å². The fourth-order valence-corrected chi connectivity index (χ4v) is 3.35. The second-order valence-electron chi connectivity index (χ2n) is 4.37. The van der Waals surface area contributed by atoms with Crippen LogP contribution in [0, 0.1) is 0 Å². The highest BCUT2D eigenvalue weighted by Gasteiger charge is 2.09. The highest BCUT2D eigenvalue weighted by Crippen LogP contribution is 2.27. The second kappa shape index (κ2) is 6.62. The fraction of sp³-hybridized carbons (Fsp3) is 0.286. The quantitative estimate of drug-likeness (QED) is 0.879. The van der Waals surface area contributed by atoms with E-state index in [4.69, 9.17) is 23.2 Å². The number of rotatable bonds is 5. The van der Waals surface area contributed by atoms with Gasteiger partial charge < -0.3 is 10.2 Å². The van der Waals surface area contributed by atoms with Gasteiger partial charge in [0, 0.05) is 29.2 Å². The van der Waals surface area contributed by atoms with Crippen LogP contribution in [0.3, 0.4) is 0 Å². The molecule has 1 aromatic heterocycles. The van der Waals surface area contributed by atoms with Crippen LogP contribution in [0.5, 0.6) is 0 Å². The van der Waals surface area contributed by atoms with E-state index in [-0.39, 0.29) is 0 Å². The average molecular weight is 315 g/mol. The minimum Gasteiger partial charge on any atom is -0.369 e. The molecule has 0 amide bonds. The zero-order chi connectivity index (χ0) is 13.8.